The Morgan fingerprint density at radius 2 is 1.73 bits per heavy atom. The van der Waals surface area contributed by atoms with Gasteiger partial charge in [-0.2, -0.15) is 0 Å². The Hall–Kier alpha value is -1.87. The molecule has 114 valence electrons. The van der Waals surface area contributed by atoms with E-state index in [1.54, 1.807) is 11.1 Å². The van der Waals surface area contributed by atoms with Gasteiger partial charge >= 0.3 is 0 Å². The van der Waals surface area contributed by atoms with Crippen LogP contribution in [-0.4, -0.2) is 32.2 Å². The van der Waals surface area contributed by atoms with Gasteiger partial charge in [0.25, 0.3) is 5.82 Å². The fourth-order valence-corrected chi connectivity index (χ4v) is 4.07. The minimum absolute atomic E-state index is 0.816. The summed E-state index contributed by atoms with van der Waals surface area (Å²) in [6, 6.07) is 16.2. The summed E-state index contributed by atoms with van der Waals surface area (Å²) in [7, 11) is 0. The number of nitrogens with one attached hydrogen (secondary N) is 2. The summed E-state index contributed by atoms with van der Waals surface area (Å²) in [5, 5.41) is 0. The molecule has 1 aliphatic carbocycles. The number of rotatable bonds is 2. The summed E-state index contributed by atoms with van der Waals surface area (Å²) >= 11 is 0. The van der Waals surface area contributed by atoms with Crippen LogP contribution in [0, 0.1) is 0 Å². The third-order valence-electron chi connectivity index (χ3n) is 5.36. The summed E-state index contributed by atoms with van der Waals surface area (Å²) in [4.78, 5) is 7.66. The summed E-state index contributed by atoms with van der Waals surface area (Å²) in [5.41, 5.74) is 3.17. The Bertz CT molecular complexity index is 618. The molecule has 3 nitrogen and oxygen atoms in total. The number of benzene rings is 1. The average Bonchev–Trinajstić information content (AvgIpc) is 2.62. The van der Waals surface area contributed by atoms with E-state index in [1.807, 2.05) is 17.2 Å². The number of aromatic nitrogens is 1. The van der Waals surface area contributed by atoms with Crippen molar-refractivity contribution in [2.45, 2.75) is 25.3 Å². The van der Waals surface area contributed by atoms with Gasteiger partial charge in [-0.15, -0.1) is 0 Å². The van der Waals surface area contributed by atoms with Crippen molar-refractivity contribution >= 4 is 5.82 Å². The lowest BCUT2D eigenvalue weighted by Gasteiger charge is -2.36. The molecule has 0 unspecified atom stereocenters. The minimum atomic E-state index is 0.816. The van der Waals surface area contributed by atoms with E-state index in [0.717, 1.165) is 19.1 Å². The first kappa shape index (κ1) is 13.8. The van der Waals surface area contributed by atoms with Crippen LogP contribution in [0.5, 0.6) is 0 Å². The quantitative estimate of drug-likeness (QED) is 0.868. The number of aromatic amines is 1. The van der Waals surface area contributed by atoms with E-state index in [-0.39, 0.29) is 0 Å². The maximum absolute atomic E-state index is 3.36. The van der Waals surface area contributed by atoms with Gasteiger partial charge in [0.15, 0.2) is 0 Å². The lowest BCUT2D eigenvalue weighted by molar-refractivity contribution is -0.926. The molecule has 1 aromatic carbocycles. The minimum Gasteiger partial charge on any atom is -0.326 e. The van der Waals surface area contributed by atoms with Crippen molar-refractivity contribution < 1.29 is 9.88 Å². The van der Waals surface area contributed by atoms with E-state index in [1.165, 1.54) is 38.2 Å². The number of anilines is 1. The second-order valence-corrected chi connectivity index (χ2v) is 6.60. The summed E-state index contributed by atoms with van der Waals surface area (Å²) in [6.07, 6.45) is 5.90. The Morgan fingerprint density at radius 3 is 2.50 bits per heavy atom. The van der Waals surface area contributed by atoms with E-state index >= 15 is 0 Å². The molecule has 0 bridgehead atoms. The smallest absolute Gasteiger partial charge is 0.274 e. The third kappa shape index (κ3) is 2.73. The summed E-state index contributed by atoms with van der Waals surface area (Å²) in [6.45, 7) is 4.84. The molecule has 2 aromatic rings. The van der Waals surface area contributed by atoms with Gasteiger partial charge in [0, 0.05) is 18.9 Å². The van der Waals surface area contributed by atoms with Crippen LogP contribution in [0.1, 0.15) is 17.5 Å². The maximum Gasteiger partial charge on any atom is 0.274 e. The molecule has 1 atom stereocenters. The number of nitrogens with zero attached hydrogens (tertiary/aromatic N) is 1. The van der Waals surface area contributed by atoms with Crippen LogP contribution in [-0.2, 0) is 12.8 Å². The lowest BCUT2D eigenvalue weighted by atomic mass is 9.87. The van der Waals surface area contributed by atoms with E-state index in [2.05, 4.69) is 46.3 Å². The van der Waals surface area contributed by atoms with E-state index in [0.29, 0.717) is 0 Å². The van der Waals surface area contributed by atoms with Crippen LogP contribution >= 0.6 is 0 Å². The first-order valence-corrected chi connectivity index (χ1v) is 8.53. The number of pyridine rings is 1. The van der Waals surface area contributed by atoms with Crippen molar-refractivity contribution in [3.63, 3.8) is 0 Å². The normalized spacial score (nSPS) is 22.4. The van der Waals surface area contributed by atoms with Crippen molar-refractivity contribution in [2.24, 2.45) is 0 Å². The molecule has 0 radical (unpaired) electrons. The van der Waals surface area contributed by atoms with Gasteiger partial charge in [-0.3, -0.25) is 4.90 Å². The highest BCUT2D eigenvalue weighted by Gasteiger charge is 2.32. The molecule has 2 aliphatic rings. The zero-order valence-corrected chi connectivity index (χ0v) is 13.1. The zero-order chi connectivity index (χ0) is 14.8. The number of piperazine rings is 1. The second-order valence-electron chi connectivity index (χ2n) is 6.60. The maximum atomic E-state index is 3.36. The van der Waals surface area contributed by atoms with Gasteiger partial charge in [-0.25, -0.2) is 4.98 Å². The Labute approximate surface area is 132 Å². The lowest BCUT2D eigenvalue weighted by Crippen LogP contribution is -3.18. The number of quaternary nitrogens is 1. The second kappa shape index (κ2) is 6.09. The first-order valence-electron chi connectivity index (χ1n) is 8.53. The van der Waals surface area contributed by atoms with Crippen LogP contribution in [0.3, 0.4) is 0 Å². The van der Waals surface area contributed by atoms with Gasteiger partial charge in [0.05, 0.1) is 12.2 Å². The number of hydrogen-bond donors (Lipinski definition) is 1. The van der Waals surface area contributed by atoms with Crippen LogP contribution in [0.15, 0.2) is 48.7 Å². The predicted octanol–water partition coefficient (Wildman–Crippen LogP) is 0.763. The number of hydrogen-bond acceptors (Lipinski definition) is 1. The fraction of sp³-hybridized carbons (Fsp3) is 0.421. The fourth-order valence-electron chi connectivity index (χ4n) is 4.07. The molecule has 1 aliphatic heterocycles. The predicted molar refractivity (Wildman–Crippen MR) is 88.2 cm³/mol. The van der Waals surface area contributed by atoms with Crippen LogP contribution in [0.4, 0.5) is 5.82 Å². The largest absolute Gasteiger partial charge is 0.326 e. The highest BCUT2D eigenvalue weighted by molar-refractivity contribution is 5.32. The number of H-pyrrole nitrogens is 1. The van der Waals surface area contributed by atoms with Gasteiger partial charge < -0.3 is 4.90 Å². The molecule has 0 spiro atoms. The Morgan fingerprint density at radius 1 is 0.955 bits per heavy atom. The average molecular weight is 295 g/mol. The Balaban J connectivity index is 1.38. The SMILES string of the molecule is c1ccc(N2CC[NH+]([C@@H]3CCc4ccccc4C3)CC2)[nH+]c1. The molecular weight excluding hydrogens is 270 g/mol. The standard InChI is InChI=1S/C19H23N3/c1-2-6-17-15-18(9-8-16(17)5-1)21-11-13-22(14-12-21)19-7-3-4-10-20-19/h1-7,10,18H,8-9,11-15H2/p+2/t18-/m1/s1. The van der Waals surface area contributed by atoms with Crippen molar-refractivity contribution in [1.29, 1.82) is 0 Å². The van der Waals surface area contributed by atoms with E-state index in [9.17, 15) is 0 Å². The number of aryl methyl sites for hydroxylation is 1. The molecule has 4 rings (SSSR count). The van der Waals surface area contributed by atoms with Crippen molar-refractivity contribution in [2.75, 3.05) is 31.1 Å². The van der Waals surface area contributed by atoms with E-state index in [4.69, 9.17) is 0 Å². The van der Waals surface area contributed by atoms with Crippen molar-refractivity contribution in [3.8, 4) is 0 Å². The van der Waals surface area contributed by atoms with Crippen LogP contribution < -0.4 is 14.8 Å². The molecule has 1 aromatic heterocycles. The van der Waals surface area contributed by atoms with Crippen LogP contribution in [0.25, 0.3) is 0 Å². The van der Waals surface area contributed by atoms with E-state index < -0.39 is 0 Å². The molecule has 0 amide bonds. The molecule has 1 fully saturated rings. The van der Waals surface area contributed by atoms with Crippen molar-refractivity contribution in [3.05, 3.63) is 59.8 Å². The molecule has 0 saturated carbocycles. The number of fused-ring (bicyclic) bond motifs is 1. The van der Waals surface area contributed by atoms with Gasteiger partial charge in [0.2, 0.25) is 0 Å². The molecule has 1 saturated heterocycles. The van der Waals surface area contributed by atoms with Gasteiger partial charge in [0.1, 0.15) is 26.2 Å². The summed E-state index contributed by atoms with van der Waals surface area (Å²) < 4.78 is 0. The highest BCUT2D eigenvalue weighted by Crippen LogP contribution is 2.20. The topological polar surface area (TPSA) is 21.8 Å². The zero-order valence-electron chi connectivity index (χ0n) is 13.1. The monoisotopic (exact) mass is 295 g/mol. The highest BCUT2D eigenvalue weighted by atomic mass is 15.3. The molecule has 2 heterocycles. The Kier molecular flexibility index (Phi) is 3.81. The van der Waals surface area contributed by atoms with Gasteiger partial charge in [-0.05, 0) is 23.6 Å². The third-order valence-corrected chi connectivity index (χ3v) is 5.36. The molecule has 2 N–H and O–H groups in total. The molecule has 22 heavy (non-hydrogen) atoms. The van der Waals surface area contributed by atoms with Crippen molar-refractivity contribution in [1.82, 2.24) is 0 Å². The van der Waals surface area contributed by atoms with Gasteiger partial charge in [-0.1, -0.05) is 30.3 Å². The molecular formula is C19H25N3+2. The molecule has 3 heteroatoms. The van der Waals surface area contributed by atoms with Crippen LogP contribution in [0.2, 0.25) is 0 Å². The summed E-state index contributed by atoms with van der Waals surface area (Å²) in [5.74, 6) is 1.26. The first-order chi connectivity index (χ1) is 10.9.